The van der Waals surface area contributed by atoms with Gasteiger partial charge in [0, 0.05) is 12.5 Å². The summed E-state index contributed by atoms with van der Waals surface area (Å²) in [5, 5.41) is 12.9. The predicted octanol–water partition coefficient (Wildman–Crippen LogP) is 5.73. The zero-order chi connectivity index (χ0) is 21.3. The second kappa shape index (κ2) is 15.6. The number of imide groups is 1. The fourth-order valence-corrected chi connectivity index (χ4v) is 3.19. The Morgan fingerprint density at radius 2 is 1.41 bits per heavy atom. The van der Waals surface area contributed by atoms with Crippen LogP contribution in [0.1, 0.15) is 107 Å². The van der Waals surface area contributed by atoms with Gasteiger partial charge in [0.25, 0.3) is 5.91 Å². The monoisotopic (exact) mass is 405 g/mol. The number of hydrogen-bond acceptors (Lipinski definition) is 5. The van der Waals surface area contributed by atoms with E-state index in [0.717, 1.165) is 31.5 Å². The second-order valence-electron chi connectivity index (χ2n) is 7.53. The Morgan fingerprint density at radius 1 is 0.897 bits per heavy atom. The lowest BCUT2D eigenvalue weighted by atomic mass is 10.0. The Balaban J connectivity index is 2.00. The van der Waals surface area contributed by atoms with Crippen molar-refractivity contribution in [2.75, 3.05) is 0 Å². The summed E-state index contributed by atoms with van der Waals surface area (Å²) in [5.74, 6) is -1.23. The number of carbonyl (C=O) groups is 2. The molecule has 7 heteroatoms. The molecule has 29 heavy (non-hydrogen) atoms. The quantitative estimate of drug-likeness (QED) is 0.215. The number of amides is 2. The second-order valence-corrected chi connectivity index (χ2v) is 7.53. The number of aromatic nitrogens is 1. The number of pyridine rings is 1. The van der Waals surface area contributed by atoms with Gasteiger partial charge in [-0.25, -0.2) is 0 Å². The topological polar surface area (TPSA) is 102 Å². The predicted molar refractivity (Wildman–Crippen MR) is 114 cm³/mol. The van der Waals surface area contributed by atoms with Crippen LogP contribution in [-0.4, -0.2) is 21.7 Å². The maximum Gasteiger partial charge on any atom is 0.363 e. The van der Waals surface area contributed by atoms with Gasteiger partial charge in [-0.1, -0.05) is 84.0 Å². The minimum absolute atomic E-state index is 0.134. The molecule has 1 N–H and O–H groups in total. The summed E-state index contributed by atoms with van der Waals surface area (Å²) in [6, 6.07) is 2.44. The first-order valence-electron chi connectivity index (χ1n) is 11.0. The molecule has 0 aliphatic heterocycles. The molecular formula is C22H35N3O4. The number of nitrogens with zero attached hydrogens (tertiary/aromatic N) is 2. The first kappa shape index (κ1) is 24.7. The highest BCUT2D eigenvalue weighted by Gasteiger charge is 2.14. The molecule has 0 bridgehead atoms. The largest absolute Gasteiger partial charge is 0.363 e. The molecular weight excluding hydrogens is 370 g/mol. The van der Waals surface area contributed by atoms with Crippen LogP contribution in [0.4, 0.5) is 5.82 Å². The van der Waals surface area contributed by atoms with Crippen LogP contribution in [0, 0.1) is 10.1 Å². The van der Waals surface area contributed by atoms with Crippen LogP contribution in [0.15, 0.2) is 18.3 Å². The highest BCUT2D eigenvalue weighted by Crippen LogP contribution is 2.13. The molecule has 0 saturated carbocycles. The standard InChI is InChI=1S/C22H35N3O4/c1-2-3-4-5-6-7-8-9-10-11-12-13-14-15-21(26)24-22(27)19-16-17-20(23-18-19)25(28)29/h16-18H,2-15H2,1H3,(H,24,26,27). The van der Waals surface area contributed by atoms with Gasteiger partial charge < -0.3 is 10.1 Å². The van der Waals surface area contributed by atoms with Gasteiger partial charge in [0.1, 0.15) is 0 Å². The van der Waals surface area contributed by atoms with Gasteiger partial charge in [0.05, 0.1) is 5.56 Å². The van der Waals surface area contributed by atoms with E-state index in [1.807, 2.05) is 0 Å². The lowest BCUT2D eigenvalue weighted by Crippen LogP contribution is -2.30. The van der Waals surface area contributed by atoms with Crippen molar-refractivity contribution in [2.45, 2.75) is 96.8 Å². The van der Waals surface area contributed by atoms with Crippen molar-refractivity contribution in [3.63, 3.8) is 0 Å². The third-order valence-corrected chi connectivity index (χ3v) is 4.96. The number of rotatable bonds is 16. The zero-order valence-corrected chi connectivity index (χ0v) is 17.7. The van der Waals surface area contributed by atoms with Crippen LogP contribution in [0.3, 0.4) is 0 Å². The maximum atomic E-state index is 11.9. The third kappa shape index (κ3) is 12.0. The molecule has 1 rings (SSSR count). The summed E-state index contributed by atoms with van der Waals surface area (Å²) >= 11 is 0. The molecule has 1 aromatic heterocycles. The van der Waals surface area contributed by atoms with Gasteiger partial charge in [0.2, 0.25) is 5.91 Å². The van der Waals surface area contributed by atoms with Crippen LogP contribution >= 0.6 is 0 Å². The van der Waals surface area contributed by atoms with E-state index in [9.17, 15) is 19.7 Å². The van der Waals surface area contributed by atoms with E-state index in [1.54, 1.807) is 0 Å². The minimum atomic E-state index is -0.637. The molecule has 0 atom stereocenters. The van der Waals surface area contributed by atoms with Gasteiger partial charge in [0.15, 0.2) is 6.20 Å². The van der Waals surface area contributed by atoms with Gasteiger partial charge in [-0.3, -0.25) is 14.9 Å². The molecule has 0 spiro atoms. The van der Waals surface area contributed by atoms with Gasteiger partial charge >= 0.3 is 5.82 Å². The highest BCUT2D eigenvalue weighted by molar-refractivity contribution is 6.04. The number of nitro groups is 1. The Hall–Kier alpha value is -2.31. The van der Waals surface area contributed by atoms with Crippen LogP contribution in [-0.2, 0) is 4.79 Å². The molecule has 0 radical (unpaired) electrons. The van der Waals surface area contributed by atoms with Crippen molar-refractivity contribution in [2.24, 2.45) is 0 Å². The Bertz CT molecular complexity index is 617. The number of unbranched alkanes of at least 4 members (excludes halogenated alkanes) is 12. The smallest absolute Gasteiger partial charge is 0.358 e. The average molecular weight is 406 g/mol. The number of carbonyl (C=O) groups excluding carboxylic acids is 2. The Labute approximate surface area is 173 Å². The van der Waals surface area contributed by atoms with Gasteiger partial charge in [-0.2, -0.15) is 0 Å². The van der Waals surface area contributed by atoms with Crippen molar-refractivity contribution in [3.8, 4) is 0 Å². The molecule has 0 aliphatic rings. The van der Waals surface area contributed by atoms with Crippen LogP contribution in [0.25, 0.3) is 0 Å². The molecule has 1 aromatic rings. The van der Waals surface area contributed by atoms with Gasteiger partial charge in [-0.05, 0) is 22.4 Å². The van der Waals surface area contributed by atoms with E-state index < -0.39 is 10.8 Å². The molecule has 0 aromatic carbocycles. The highest BCUT2D eigenvalue weighted by atomic mass is 16.6. The normalized spacial score (nSPS) is 10.7. The molecule has 2 amide bonds. The van der Waals surface area contributed by atoms with E-state index in [0.29, 0.717) is 6.42 Å². The third-order valence-electron chi connectivity index (χ3n) is 4.96. The minimum Gasteiger partial charge on any atom is -0.358 e. The van der Waals surface area contributed by atoms with E-state index in [4.69, 9.17) is 0 Å². The molecule has 1 heterocycles. The lowest BCUT2D eigenvalue weighted by molar-refractivity contribution is -0.389. The van der Waals surface area contributed by atoms with E-state index >= 15 is 0 Å². The van der Waals surface area contributed by atoms with Crippen LogP contribution < -0.4 is 5.32 Å². The molecule has 0 aliphatic carbocycles. The van der Waals surface area contributed by atoms with Crippen molar-refractivity contribution in [3.05, 3.63) is 34.0 Å². The van der Waals surface area contributed by atoms with Crippen molar-refractivity contribution >= 4 is 17.6 Å². The Kier molecular flexibility index (Phi) is 13.3. The van der Waals surface area contributed by atoms with Gasteiger partial charge in [-0.15, -0.1) is 0 Å². The van der Waals surface area contributed by atoms with E-state index in [2.05, 4.69) is 17.2 Å². The van der Waals surface area contributed by atoms with E-state index in [-0.39, 0.29) is 17.3 Å². The van der Waals surface area contributed by atoms with E-state index in [1.165, 1.54) is 70.3 Å². The SMILES string of the molecule is CCCCCCCCCCCCCCCC(=O)NC(=O)c1ccc([N+](=O)[O-])nc1. The maximum absolute atomic E-state index is 11.9. The molecule has 162 valence electrons. The summed E-state index contributed by atoms with van der Waals surface area (Å²) in [6.07, 6.45) is 17.5. The number of hydrogen-bond donors (Lipinski definition) is 1. The molecule has 0 saturated heterocycles. The van der Waals surface area contributed by atoms with Crippen molar-refractivity contribution in [1.82, 2.24) is 10.3 Å². The average Bonchev–Trinajstić information content (AvgIpc) is 2.71. The Morgan fingerprint density at radius 3 is 1.86 bits per heavy atom. The first-order valence-corrected chi connectivity index (χ1v) is 11.0. The summed E-state index contributed by atoms with van der Waals surface area (Å²) in [4.78, 5) is 37.3. The zero-order valence-electron chi connectivity index (χ0n) is 17.7. The molecule has 7 nitrogen and oxygen atoms in total. The summed E-state index contributed by atoms with van der Waals surface area (Å²) in [5.41, 5.74) is 0.134. The number of nitrogens with one attached hydrogen (secondary N) is 1. The molecule has 0 fully saturated rings. The fraction of sp³-hybridized carbons (Fsp3) is 0.682. The summed E-state index contributed by atoms with van der Waals surface area (Å²) in [7, 11) is 0. The molecule has 0 unspecified atom stereocenters. The summed E-state index contributed by atoms with van der Waals surface area (Å²) in [6.45, 7) is 2.24. The fourth-order valence-electron chi connectivity index (χ4n) is 3.19. The van der Waals surface area contributed by atoms with Crippen molar-refractivity contribution in [1.29, 1.82) is 0 Å². The van der Waals surface area contributed by atoms with Crippen LogP contribution in [0.5, 0.6) is 0 Å². The van der Waals surface area contributed by atoms with Crippen molar-refractivity contribution < 1.29 is 14.5 Å². The lowest BCUT2D eigenvalue weighted by Gasteiger charge is -2.04. The first-order chi connectivity index (χ1) is 14.0. The summed E-state index contributed by atoms with van der Waals surface area (Å²) < 4.78 is 0. The van der Waals surface area contributed by atoms with Crippen LogP contribution in [0.2, 0.25) is 0 Å².